The first kappa shape index (κ1) is 17.6. The predicted octanol–water partition coefficient (Wildman–Crippen LogP) is 0.228. The first-order valence-corrected chi connectivity index (χ1v) is 8.65. The second kappa shape index (κ2) is 7.33. The second-order valence-corrected chi connectivity index (χ2v) is 6.73. The molecule has 0 aliphatic carbocycles. The molecule has 1 unspecified atom stereocenters. The monoisotopic (exact) mass is 344 g/mol. The van der Waals surface area contributed by atoms with Crippen LogP contribution < -0.4 is 11.1 Å². The molecule has 0 aromatic heterocycles. The number of carbonyl (C=O) groups is 3. The highest BCUT2D eigenvalue weighted by molar-refractivity contribution is 6.05. The third-order valence-corrected chi connectivity index (χ3v) is 4.82. The minimum Gasteiger partial charge on any atom is -0.330 e. The van der Waals surface area contributed by atoms with Gasteiger partial charge in [0, 0.05) is 25.1 Å². The third kappa shape index (κ3) is 3.57. The van der Waals surface area contributed by atoms with Gasteiger partial charge in [0.25, 0.3) is 5.91 Å². The van der Waals surface area contributed by atoms with Crippen LogP contribution in [0.2, 0.25) is 0 Å². The van der Waals surface area contributed by atoms with Gasteiger partial charge in [-0.05, 0) is 44.1 Å². The Labute approximate surface area is 147 Å². The van der Waals surface area contributed by atoms with Crippen LogP contribution in [0.25, 0.3) is 0 Å². The molecule has 0 saturated carbocycles. The molecular weight excluding hydrogens is 320 g/mol. The summed E-state index contributed by atoms with van der Waals surface area (Å²) < 4.78 is 0. The van der Waals surface area contributed by atoms with Gasteiger partial charge in [0.15, 0.2) is 0 Å². The van der Waals surface area contributed by atoms with E-state index in [0.717, 1.165) is 24.1 Å². The quantitative estimate of drug-likeness (QED) is 0.720. The number of hydrogen-bond donors (Lipinski definition) is 2. The van der Waals surface area contributed by atoms with Crippen LogP contribution in [0.4, 0.5) is 0 Å². The molecule has 2 heterocycles. The van der Waals surface area contributed by atoms with Crippen LogP contribution in [-0.4, -0.2) is 53.7 Å². The number of piperidine rings is 1. The van der Waals surface area contributed by atoms with Gasteiger partial charge in [-0.25, -0.2) is 0 Å². The summed E-state index contributed by atoms with van der Waals surface area (Å²) in [5.41, 5.74) is 8.17. The van der Waals surface area contributed by atoms with Gasteiger partial charge in [0.05, 0.1) is 0 Å². The van der Waals surface area contributed by atoms with Crippen molar-refractivity contribution in [3.8, 4) is 0 Å². The first-order valence-electron chi connectivity index (χ1n) is 8.65. The number of carbonyl (C=O) groups excluding carboxylic acids is 3. The molecule has 0 bridgehead atoms. The summed E-state index contributed by atoms with van der Waals surface area (Å²) in [6.07, 6.45) is 1.56. The Morgan fingerprint density at radius 3 is 2.84 bits per heavy atom. The Kier molecular flexibility index (Phi) is 5.15. The van der Waals surface area contributed by atoms with Crippen LogP contribution in [0.3, 0.4) is 0 Å². The average molecular weight is 344 g/mol. The molecule has 3 rings (SSSR count). The van der Waals surface area contributed by atoms with Gasteiger partial charge in [-0.1, -0.05) is 18.2 Å². The highest BCUT2D eigenvalue weighted by Crippen LogP contribution is 2.30. The Morgan fingerprint density at radius 1 is 1.32 bits per heavy atom. The molecule has 1 atom stereocenters. The summed E-state index contributed by atoms with van der Waals surface area (Å²) in [4.78, 5) is 40.2. The SMILES string of the molecule is CN(CCCN)Cc1cccc2c1C(=O)N(C1CCC(=O)NC1=O)C2. The van der Waals surface area contributed by atoms with Crippen molar-refractivity contribution in [1.29, 1.82) is 0 Å². The number of amides is 3. The number of benzene rings is 1. The lowest BCUT2D eigenvalue weighted by molar-refractivity contribution is -0.136. The summed E-state index contributed by atoms with van der Waals surface area (Å²) in [7, 11) is 2.01. The van der Waals surface area contributed by atoms with Crippen molar-refractivity contribution >= 4 is 17.7 Å². The molecule has 1 saturated heterocycles. The fourth-order valence-corrected chi connectivity index (χ4v) is 3.55. The van der Waals surface area contributed by atoms with Crippen molar-refractivity contribution in [2.45, 2.75) is 38.4 Å². The zero-order valence-corrected chi connectivity index (χ0v) is 14.5. The minimum absolute atomic E-state index is 0.118. The maximum absolute atomic E-state index is 13.0. The fraction of sp³-hybridized carbons (Fsp3) is 0.500. The Bertz CT molecular complexity index is 704. The number of fused-ring (bicyclic) bond motifs is 1. The van der Waals surface area contributed by atoms with E-state index in [1.807, 2.05) is 25.2 Å². The molecular formula is C18H24N4O3. The lowest BCUT2D eigenvalue weighted by Crippen LogP contribution is -2.52. The summed E-state index contributed by atoms with van der Waals surface area (Å²) in [6, 6.07) is 5.28. The number of imide groups is 1. The van der Waals surface area contributed by atoms with E-state index < -0.39 is 6.04 Å². The predicted molar refractivity (Wildman–Crippen MR) is 92.5 cm³/mol. The molecule has 1 fully saturated rings. The van der Waals surface area contributed by atoms with Gasteiger partial charge in [0.2, 0.25) is 11.8 Å². The van der Waals surface area contributed by atoms with Gasteiger partial charge in [-0.3, -0.25) is 19.7 Å². The van der Waals surface area contributed by atoms with Gasteiger partial charge in [0.1, 0.15) is 6.04 Å². The molecule has 25 heavy (non-hydrogen) atoms. The van der Waals surface area contributed by atoms with E-state index >= 15 is 0 Å². The molecule has 7 nitrogen and oxygen atoms in total. The summed E-state index contributed by atoms with van der Waals surface area (Å²) in [5, 5.41) is 2.33. The topological polar surface area (TPSA) is 95.7 Å². The number of nitrogens with zero attached hydrogens (tertiary/aromatic N) is 2. The standard InChI is InChI=1S/C18H24N4O3/c1-21(9-3-8-19)10-12-4-2-5-13-11-22(18(25)16(12)13)14-6-7-15(23)20-17(14)24/h2,4-5,14H,3,6-11,19H2,1H3,(H,20,23,24). The van der Waals surface area contributed by atoms with E-state index in [4.69, 9.17) is 5.73 Å². The van der Waals surface area contributed by atoms with Gasteiger partial charge in [-0.2, -0.15) is 0 Å². The molecule has 0 spiro atoms. The van der Waals surface area contributed by atoms with Crippen LogP contribution in [-0.2, 0) is 22.7 Å². The van der Waals surface area contributed by atoms with E-state index in [9.17, 15) is 14.4 Å². The molecule has 0 radical (unpaired) electrons. The van der Waals surface area contributed by atoms with Crippen LogP contribution in [0, 0.1) is 0 Å². The molecule has 2 aliphatic heterocycles. The van der Waals surface area contributed by atoms with Crippen LogP contribution >= 0.6 is 0 Å². The molecule has 7 heteroatoms. The first-order chi connectivity index (χ1) is 12.0. The second-order valence-electron chi connectivity index (χ2n) is 6.73. The van der Waals surface area contributed by atoms with Crippen molar-refractivity contribution in [2.75, 3.05) is 20.1 Å². The Balaban J connectivity index is 1.78. The van der Waals surface area contributed by atoms with Crippen molar-refractivity contribution < 1.29 is 14.4 Å². The van der Waals surface area contributed by atoms with Crippen LogP contribution in [0.1, 0.15) is 40.7 Å². The van der Waals surface area contributed by atoms with Gasteiger partial charge < -0.3 is 15.5 Å². The zero-order valence-electron chi connectivity index (χ0n) is 14.5. The highest BCUT2D eigenvalue weighted by Gasteiger charge is 2.39. The lowest BCUT2D eigenvalue weighted by Gasteiger charge is -2.29. The Morgan fingerprint density at radius 2 is 2.12 bits per heavy atom. The van der Waals surface area contributed by atoms with Crippen LogP contribution in [0.5, 0.6) is 0 Å². The minimum atomic E-state index is -0.569. The molecule has 2 aliphatic rings. The molecule has 1 aromatic carbocycles. The third-order valence-electron chi connectivity index (χ3n) is 4.82. The number of hydrogen-bond acceptors (Lipinski definition) is 5. The maximum Gasteiger partial charge on any atom is 0.255 e. The van der Waals surface area contributed by atoms with E-state index in [0.29, 0.717) is 31.6 Å². The number of nitrogens with two attached hydrogens (primary N) is 1. The van der Waals surface area contributed by atoms with E-state index in [2.05, 4.69) is 10.2 Å². The largest absolute Gasteiger partial charge is 0.330 e. The lowest BCUT2D eigenvalue weighted by atomic mass is 10.0. The molecule has 3 N–H and O–H groups in total. The van der Waals surface area contributed by atoms with Crippen molar-refractivity contribution in [3.63, 3.8) is 0 Å². The molecule has 3 amide bonds. The Hall–Kier alpha value is -2.25. The summed E-state index contributed by atoms with van der Waals surface area (Å²) >= 11 is 0. The zero-order chi connectivity index (χ0) is 18.0. The maximum atomic E-state index is 13.0. The smallest absolute Gasteiger partial charge is 0.255 e. The summed E-state index contributed by atoms with van der Waals surface area (Å²) in [5.74, 6) is -0.765. The van der Waals surface area contributed by atoms with Crippen molar-refractivity contribution in [2.24, 2.45) is 5.73 Å². The van der Waals surface area contributed by atoms with Crippen LogP contribution in [0.15, 0.2) is 18.2 Å². The number of rotatable bonds is 6. The fourth-order valence-electron chi connectivity index (χ4n) is 3.55. The molecule has 1 aromatic rings. The number of nitrogens with one attached hydrogen (secondary N) is 1. The van der Waals surface area contributed by atoms with E-state index in [-0.39, 0.29) is 24.1 Å². The highest BCUT2D eigenvalue weighted by atomic mass is 16.2. The van der Waals surface area contributed by atoms with Crippen molar-refractivity contribution in [3.05, 3.63) is 34.9 Å². The summed E-state index contributed by atoms with van der Waals surface area (Å²) in [6.45, 7) is 2.59. The normalized spacial score (nSPS) is 20.2. The van der Waals surface area contributed by atoms with Crippen molar-refractivity contribution in [1.82, 2.24) is 15.1 Å². The van der Waals surface area contributed by atoms with Gasteiger partial charge in [-0.15, -0.1) is 0 Å². The van der Waals surface area contributed by atoms with E-state index in [1.165, 1.54) is 0 Å². The van der Waals surface area contributed by atoms with E-state index in [1.54, 1.807) is 4.90 Å². The molecule has 134 valence electrons. The average Bonchev–Trinajstić information content (AvgIpc) is 2.91. The van der Waals surface area contributed by atoms with Gasteiger partial charge >= 0.3 is 0 Å².